The lowest BCUT2D eigenvalue weighted by atomic mass is 9.95. The Labute approximate surface area is 107 Å². The Bertz CT molecular complexity index is 486. The van der Waals surface area contributed by atoms with Crippen molar-refractivity contribution in [2.24, 2.45) is 0 Å². The molecule has 0 aromatic heterocycles. The Balaban J connectivity index is 2.40. The first-order valence-electron chi connectivity index (χ1n) is 5.52. The van der Waals surface area contributed by atoms with Gasteiger partial charge in [0.2, 0.25) is 0 Å². The summed E-state index contributed by atoms with van der Waals surface area (Å²) in [5, 5.41) is -3.21. The number of benzene rings is 1. The SMILES string of the molecule is FC1C=CC(F)([SiH2]c2ccccc2)C(F)(F)C1(F)F. The molecule has 1 aromatic carbocycles. The van der Waals surface area contributed by atoms with Crippen LogP contribution in [0.1, 0.15) is 0 Å². The molecule has 0 heterocycles. The summed E-state index contributed by atoms with van der Waals surface area (Å²) in [6.45, 7) is 0. The maximum absolute atomic E-state index is 14.3. The summed E-state index contributed by atoms with van der Waals surface area (Å²) in [6.07, 6.45) is -2.72. The number of hydrogen-bond donors (Lipinski definition) is 0. The molecule has 0 bridgehead atoms. The van der Waals surface area contributed by atoms with Gasteiger partial charge in [-0.25, -0.2) is 8.78 Å². The van der Waals surface area contributed by atoms with Gasteiger partial charge in [-0.05, 0) is 12.2 Å². The molecule has 0 radical (unpaired) electrons. The maximum Gasteiger partial charge on any atom is 0.347 e. The minimum absolute atomic E-state index is 0.188. The lowest BCUT2D eigenvalue weighted by Crippen LogP contribution is -2.65. The van der Waals surface area contributed by atoms with Crippen molar-refractivity contribution in [1.29, 1.82) is 0 Å². The molecule has 0 nitrogen and oxygen atoms in total. The lowest BCUT2D eigenvalue weighted by molar-refractivity contribution is -0.264. The molecule has 2 atom stereocenters. The number of allylic oxidation sites excluding steroid dienone is 2. The smallest absolute Gasteiger partial charge is 0.237 e. The van der Waals surface area contributed by atoms with Gasteiger partial charge in [-0.1, -0.05) is 35.5 Å². The summed E-state index contributed by atoms with van der Waals surface area (Å²) >= 11 is 0. The molecule has 0 N–H and O–H groups in total. The van der Waals surface area contributed by atoms with Crippen molar-refractivity contribution < 1.29 is 26.3 Å². The average Bonchev–Trinajstić information content (AvgIpc) is 2.35. The van der Waals surface area contributed by atoms with Crippen LogP contribution in [0.5, 0.6) is 0 Å². The number of rotatable bonds is 2. The third-order valence-corrected chi connectivity index (χ3v) is 5.19. The van der Waals surface area contributed by atoms with Crippen molar-refractivity contribution in [1.82, 2.24) is 0 Å². The highest BCUT2D eigenvalue weighted by molar-refractivity contribution is 6.57. The van der Waals surface area contributed by atoms with E-state index >= 15 is 0 Å². The minimum atomic E-state index is -5.05. The molecule has 104 valence electrons. The van der Waals surface area contributed by atoms with Crippen molar-refractivity contribution in [3.05, 3.63) is 42.5 Å². The summed E-state index contributed by atoms with van der Waals surface area (Å²) in [5.41, 5.74) is 0. The Morgan fingerprint density at radius 1 is 0.947 bits per heavy atom. The summed E-state index contributed by atoms with van der Waals surface area (Å²) in [4.78, 5) is 0. The van der Waals surface area contributed by atoms with Crippen molar-refractivity contribution in [3.8, 4) is 0 Å². The van der Waals surface area contributed by atoms with Gasteiger partial charge in [-0.3, -0.25) is 0 Å². The van der Waals surface area contributed by atoms with Crippen LogP contribution >= 0.6 is 0 Å². The van der Waals surface area contributed by atoms with Crippen molar-refractivity contribution in [2.45, 2.75) is 23.3 Å². The van der Waals surface area contributed by atoms with E-state index in [1.165, 1.54) is 24.3 Å². The van der Waals surface area contributed by atoms with E-state index in [1.807, 2.05) is 0 Å². The molecule has 0 amide bonds. The molecule has 19 heavy (non-hydrogen) atoms. The second-order valence-corrected chi connectivity index (χ2v) is 6.68. The van der Waals surface area contributed by atoms with Crippen LogP contribution in [0.15, 0.2) is 42.5 Å². The fourth-order valence-corrected chi connectivity index (χ4v) is 3.79. The molecule has 1 aromatic rings. The third-order valence-electron chi connectivity index (χ3n) is 3.12. The van der Waals surface area contributed by atoms with E-state index in [9.17, 15) is 26.3 Å². The molecule has 2 rings (SSSR count). The van der Waals surface area contributed by atoms with Crippen LogP contribution in [0.25, 0.3) is 0 Å². The standard InChI is InChI=1S/C12H10F6Si/c13-9-6-7-10(14,12(17,18)11(9,15)16)19-8-4-2-1-3-5-8/h1-7,9H,19H2. The van der Waals surface area contributed by atoms with Crippen molar-refractivity contribution in [2.75, 3.05) is 0 Å². The Hall–Kier alpha value is -1.24. The molecular weight excluding hydrogens is 286 g/mol. The van der Waals surface area contributed by atoms with E-state index < -0.39 is 32.8 Å². The van der Waals surface area contributed by atoms with Gasteiger partial charge in [-0.2, -0.15) is 17.6 Å². The quantitative estimate of drug-likeness (QED) is 0.446. The third kappa shape index (κ3) is 2.09. The second-order valence-electron chi connectivity index (χ2n) is 4.48. The Kier molecular flexibility index (Phi) is 3.28. The predicted octanol–water partition coefficient (Wildman–Crippen LogP) is 2.33. The van der Waals surface area contributed by atoms with Gasteiger partial charge in [-0.15, -0.1) is 0 Å². The van der Waals surface area contributed by atoms with E-state index in [0.717, 1.165) is 0 Å². The van der Waals surface area contributed by atoms with Gasteiger partial charge >= 0.3 is 11.8 Å². The first-order chi connectivity index (χ1) is 8.71. The highest BCUT2D eigenvalue weighted by Crippen LogP contribution is 2.50. The minimum Gasteiger partial charge on any atom is -0.237 e. The second kappa shape index (κ2) is 4.40. The van der Waals surface area contributed by atoms with Crippen LogP contribution in [0.3, 0.4) is 0 Å². The van der Waals surface area contributed by atoms with Gasteiger partial charge in [0.25, 0.3) is 0 Å². The average molecular weight is 296 g/mol. The highest BCUT2D eigenvalue weighted by Gasteiger charge is 2.73. The summed E-state index contributed by atoms with van der Waals surface area (Å²) in [6, 6.07) is 7.41. The zero-order valence-electron chi connectivity index (χ0n) is 9.59. The van der Waals surface area contributed by atoms with Crippen LogP contribution in [0, 0.1) is 0 Å². The van der Waals surface area contributed by atoms with Crippen LogP contribution in [0.4, 0.5) is 26.3 Å². The zero-order valence-corrected chi connectivity index (χ0v) is 11.0. The summed E-state index contributed by atoms with van der Waals surface area (Å²) in [7, 11) is -2.40. The van der Waals surface area contributed by atoms with Crippen molar-refractivity contribution in [3.63, 3.8) is 0 Å². The summed E-state index contributed by atoms with van der Waals surface area (Å²) in [5.74, 6) is -10.1. The van der Waals surface area contributed by atoms with E-state index in [2.05, 4.69) is 0 Å². The molecule has 0 aliphatic heterocycles. The first-order valence-corrected chi connectivity index (χ1v) is 6.94. The van der Waals surface area contributed by atoms with E-state index in [0.29, 0.717) is 0 Å². The van der Waals surface area contributed by atoms with Crippen LogP contribution in [-0.2, 0) is 0 Å². The Morgan fingerprint density at radius 3 is 2.11 bits per heavy atom. The molecule has 7 heteroatoms. The maximum atomic E-state index is 14.3. The predicted molar refractivity (Wildman–Crippen MR) is 62.4 cm³/mol. The highest BCUT2D eigenvalue weighted by atomic mass is 28.2. The van der Waals surface area contributed by atoms with Gasteiger partial charge in [0, 0.05) is 0 Å². The van der Waals surface area contributed by atoms with Crippen LogP contribution in [0.2, 0.25) is 0 Å². The molecular formula is C12H10F6Si. The van der Waals surface area contributed by atoms with E-state index in [4.69, 9.17) is 0 Å². The summed E-state index contributed by atoms with van der Waals surface area (Å²) < 4.78 is 80.7. The number of alkyl halides is 6. The molecule has 0 saturated heterocycles. The molecule has 1 aliphatic carbocycles. The molecule has 1 aliphatic rings. The van der Waals surface area contributed by atoms with Gasteiger partial charge in [0.1, 0.15) is 9.52 Å². The zero-order chi connectivity index (χ0) is 14.3. The molecule has 0 fully saturated rings. The topological polar surface area (TPSA) is 0 Å². The van der Waals surface area contributed by atoms with Gasteiger partial charge in [0.15, 0.2) is 11.5 Å². The van der Waals surface area contributed by atoms with Crippen LogP contribution in [-0.4, -0.2) is 32.8 Å². The van der Waals surface area contributed by atoms with Crippen molar-refractivity contribution >= 4 is 14.7 Å². The van der Waals surface area contributed by atoms with E-state index in [1.54, 1.807) is 6.07 Å². The van der Waals surface area contributed by atoms with Crippen LogP contribution < -0.4 is 5.19 Å². The molecule has 0 saturated carbocycles. The fourth-order valence-electron chi connectivity index (χ4n) is 1.98. The molecule has 0 spiro atoms. The fraction of sp³-hybridized carbons (Fsp3) is 0.333. The first kappa shape index (κ1) is 14.2. The van der Waals surface area contributed by atoms with Gasteiger partial charge < -0.3 is 0 Å². The number of halogens is 6. The molecule has 2 unspecified atom stereocenters. The van der Waals surface area contributed by atoms with E-state index in [-0.39, 0.29) is 17.3 Å². The normalized spacial score (nSPS) is 32.8. The van der Waals surface area contributed by atoms with Gasteiger partial charge in [0.05, 0.1) is 0 Å². The number of hydrogen-bond acceptors (Lipinski definition) is 0. The Morgan fingerprint density at radius 2 is 1.53 bits per heavy atom. The monoisotopic (exact) mass is 296 g/mol. The lowest BCUT2D eigenvalue weighted by Gasteiger charge is -2.40. The largest absolute Gasteiger partial charge is 0.347 e.